The first-order chi connectivity index (χ1) is 10.9. The van der Waals surface area contributed by atoms with Crippen molar-refractivity contribution in [2.45, 2.75) is 26.1 Å². The molecular weight excluding hydrogens is 411 g/mol. The summed E-state index contributed by atoms with van der Waals surface area (Å²) in [5.41, 5.74) is 0.727. The van der Waals surface area contributed by atoms with Crippen LogP contribution >= 0.6 is 22.6 Å². The predicted molar refractivity (Wildman–Crippen MR) is 98.7 cm³/mol. The van der Waals surface area contributed by atoms with E-state index in [1.54, 1.807) is 7.05 Å². The Morgan fingerprint density at radius 3 is 2.78 bits per heavy atom. The van der Waals surface area contributed by atoms with Crippen LogP contribution in [0.25, 0.3) is 0 Å². The molecule has 6 nitrogen and oxygen atoms in total. The monoisotopic (exact) mass is 436 g/mol. The average Bonchev–Trinajstić information content (AvgIpc) is 2.46. The van der Waals surface area contributed by atoms with Crippen LogP contribution in [0, 0.1) is 3.57 Å². The second kappa shape index (κ2) is 10.8. The van der Waals surface area contributed by atoms with Crippen molar-refractivity contribution in [1.29, 1.82) is 0 Å². The number of amides is 2. The summed E-state index contributed by atoms with van der Waals surface area (Å²) in [7, 11) is 1.63. The minimum Gasteiger partial charge on any atom is -0.389 e. The van der Waals surface area contributed by atoms with Crippen LogP contribution in [0.3, 0.4) is 0 Å². The highest BCUT2D eigenvalue weighted by atomic mass is 127. The number of carbonyl (C=O) groups excluding carboxylic acids is 1. The summed E-state index contributed by atoms with van der Waals surface area (Å²) < 4.78 is 11.7. The Morgan fingerprint density at radius 1 is 1.39 bits per heavy atom. The van der Waals surface area contributed by atoms with Crippen molar-refractivity contribution in [2.24, 2.45) is 0 Å². The molecule has 0 heterocycles. The number of hydrogen-bond acceptors (Lipinski definition) is 4. The Labute approximate surface area is 151 Å². The van der Waals surface area contributed by atoms with Crippen LogP contribution in [0.15, 0.2) is 24.3 Å². The second-order valence-corrected chi connectivity index (χ2v) is 6.71. The quantitative estimate of drug-likeness (QED) is 0.461. The Hall–Kier alpha value is -0.900. The molecule has 0 aromatic heterocycles. The molecule has 1 unspecified atom stereocenters. The maximum Gasteiger partial charge on any atom is 0.321 e. The fraction of sp³-hybridized carbons (Fsp3) is 0.562. The van der Waals surface area contributed by atoms with E-state index in [4.69, 9.17) is 9.47 Å². The van der Waals surface area contributed by atoms with Gasteiger partial charge in [0.25, 0.3) is 0 Å². The molecule has 0 saturated carbocycles. The molecule has 0 aliphatic rings. The number of anilines is 1. The molecule has 0 radical (unpaired) electrons. The summed E-state index contributed by atoms with van der Waals surface area (Å²) in [6.45, 7) is 5.19. The third kappa shape index (κ3) is 9.09. The first-order valence-corrected chi connectivity index (χ1v) is 8.61. The van der Waals surface area contributed by atoms with Crippen LogP contribution in [0.4, 0.5) is 10.5 Å². The van der Waals surface area contributed by atoms with E-state index in [1.165, 1.54) is 4.90 Å². The number of halogens is 1. The van der Waals surface area contributed by atoms with Gasteiger partial charge in [-0.1, -0.05) is 6.07 Å². The number of urea groups is 1. The van der Waals surface area contributed by atoms with E-state index in [0.717, 1.165) is 9.26 Å². The van der Waals surface area contributed by atoms with Crippen molar-refractivity contribution >= 4 is 34.3 Å². The third-order valence-electron chi connectivity index (χ3n) is 2.90. The van der Waals surface area contributed by atoms with E-state index in [0.29, 0.717) is 13.2 Å². The molecule has 1 rings (SSSR count). The number of rotatable bonds is 9. The van der Waals surface area contributed by atoms with Crippen LogP contribution in [0.5, 0.6) is 0 Å². The normalized spacial score (nSPS) is 12.3. The predicted octanol–water partition coefficient (Wildman–Crippen LogP) is 2.56. The SMILES string of the molecule is CC(C)OCCOCC(O)CN(C)C(=O)Nc1cccc(I)c1. The number of ether oxygens (including phenoxy) is 2. The summed E-state index contributed by atoms with van der Waals surface area (Å²) in [5, 5.41) is 12.7. The largest absolute Gasteiger partial charge is 0.389 e. The summed E-state index contributed by atoms with van der Waals surface area (Å²) in [4.78, 5) is 13.5. The maximum atomic E-state index is 12.1. The van der Waals surface area contributed by atoms with Crippen molar-refractivity contribution in [3.8, 4) is 0 Å². The lowest BCUT2D eigenvalue weighted by atomic mass is 10.3. The standard InChI is InChI=1S/C16H25IN2O4/c1-12(2)23-8-7-22-11-15(20)10-19(3)16(21)18-14-6-4-5-13(17)9-14/h4-6,9,12,15,20H,7-8,10-11H2,1-3H3,(H,18,21). The van der Waals surface area contributed by atoms with Crippen molar-refractivity contribution in [3.63, 3.8) is 0 Å². The number of benzene rings is 1. The molecule has 1 aromatic carbocycles. The van der Waals surface area contributed by atoms with E-state index >= 15 is 0 Å². The zero-order valence-corrected chi connectivity index (χ0v) is 15.9. The second-order valence-electron chi connectivity index (χ2n) is 5.47. The molecule has 7 heteroatoms. The topological polar surface area (TPSA) is 71.0 Å². The van der Waals surface area contributed by atoms with Gasteiger partial charge in [-0.3, -0.25) is 0 Å². The van der Waals surface area contributed by atoms with Crippen LogP contribution < -0.4 is 5.32 Å². The van der Waals surface area contributed by atoms with Gasteiger partial charge in [0.05, 0.1) is 38.6 Å². The van der Waals surface area contributed by atoms with Gasteiger partial charge < -0.3 is 24.8 Å². The Balaban J connectivity index is 2.25. The lowest BCUT2D eigenvalue weighted by molar-refractivity contribution is -0.0144. The minimum atomic E-state index is -0.735. The summed E-state index contributed by atoms with van der Waals surface area (Å²) >= 11 is 2.18. The highest BCUT2D eigenvalue weighted by Crippen LogP contribution is 2.12. The molecule has 0 aliphatic carbocycles. The molecule has 0 saturated heterocycles. The molecule has 23 heavy (non-hydrogen) atoms. The van der Waals surface area contributed by atoms with Gasteiger partial charge in [0.15, 0.2) is 0 Å². The Kier molecular flexibility index (Phi) is 9.46. The number of carbonyl (C=O) groups is 1. The first-order valence-electron chi connectivity index (χ1n) is 7.53. The smallest absolute Gasteiger partial charge is 0.321 e. The van der Waals surface area contributed by atoms with Gasteiger partial charge in [-0.05, 0) is 54.6 Å². The minimum absolute atomic E-state index is 0.166. The fourth-order valence-corrected chi connectivity index (χ4v) is 2.34. The molecular formula is C16H25IN2O4. The summed E-state index contributed by atoms with van der Waals surface area (Å²) in [5.74, 6) is 0. The highest BCUT2D eigenvalue weighted by molar-refractivity contribution is 14.1. The summed E-state index contributed by atoms with van der Waals surface area (Å²) in [6, 6.07) is 7.25. The van der Waals surface area contributed by atoms with Crippen molar-refractivity contribution in [3.05, 3.63) is 27.8 Å². The maximum absolute atomic E-state index is 12.1. The average molecular weight is 436 g/mol. The van der Waals surface area contributed by atoms with Gasteiger partial charge >= 0.3 is 6.03 Å². The van der Waals surface area contributed by atoms with Gasteiger partial charge in [-0.25, -0.2) is 4.79 Å². The van der Waals surface area contributed by atoms with E-state index in [1.807, 2.05) is 38.1 Å². The zero-order valence-electron chi connectivity index (χ0n) is 13.8. The number of nitrogens with one attached hydrogen (secondary N) is 1. The van der Waals surface area contributed by atoms with Crippen molar-refractivity contribution < 1.29 is 19.4 Å². The van der Waals surface area contributed by atoms with E-state index in [2.05, 4.69) is 27.9 Å². The summed E-state index contributed by atoms with van der Waals surface area (Å²) in [6.07, 6.45) is -0.569. The Morgan fingerprint density at radius 2 is 2.13 bits per heavy atom. The molecule has 1 atom stereocenters. The van der Waals surface area contributed by atoms with Gasteiger partial charge in [0.2, 0.25) is 0 Å². The van der Waals surface area contributed by atoms with Gasteiger partial charge in [-0.2, -0.15) is 0 Å². The third-order valence-corrected chi connectivity index (χ3v) is 3.57. The number of aliphatic hydroxyl groups excluding tert-OH is 1. The molecule has 1 aromatic rings. The molecule has 2 amide bonds. The zero-order chi connectivity index (χ0) is 17.2. The van der Waals surface area contributed by atoms with Gasteiger partial charge in [0, 0.05) is 16.3 Å². The highest BCUT2D eigenvalue weighted by Gasteiger charge is 2.14. The van der Waals surface area contributed by atoms with Crippen LogP contribution in [-0.2, 0) is 9.47 Å². The van der Waals surface area contributed by atoms with Gasteiger partial charge in [-0.15, -0.1) is 0 Å². The van der Waals surface area contributed by atoms with Crippen LogP contribution in [0.1, 0.15) is 13.8 Å². The lowest BCUT2D eigenvalue weighted by Gasteiger charge is -2.21. The fourth-order valence-electron chi connectivity index (χ4n) is 1.80. The number of hydrogen-bond donors (Lipinski definition) is 2. The number of likely N-dealkylation sites (N-methyl/N-ethyl adjacent to an activating group) is 1. The molecule has 0 fully saturated rings. The van der Waals surface area contributed by atoms with Crippen molar-refractivity contribution in [2.75, 3.05) is 38.7 Å². The first kappa shape index (κ1) is 20.1. The van der Waals surface area contributed by atoms with Crippen molar-refractivity contribution in [1.82, 2.24) is 4.90 Å². The molecule has 0 spiro atoms. The molecule has 130 valence electrons. The van der Waals surface area contributed by atoms with Crippen LogP contribution in [-0.4, -0.2) is 61.7 Å². The van der Waals surface area contributed by atoms with E-state index in [-0.39, 0.29) is 25.3 Å². The number of aliphatic hydroxyl groups is 1. The molecule has 0 bridgehead atoms. The Bertz CT molecular complexity index is 485. The van der Waals surface area contributed by atoms with Gasteiger partial charge in [0.1, 0.15) is 0 Å². The van der Waals surface area contributed by atoms with E-state index in [9.17, 15) is 9.90 Å². The number of nitrogens with zero attached hydrogens (tertiary/aromatic N) is 1. The van der Waals surface area contributed by atoms with E-state index < -0.39 is 6.10 Å². The molecule has 2 N–H and O–H groups in total. The lowest BCUT2D eigenvalue weighted by Crippen LogP contribution is -2.39. The van der Waals surface area contributed by atoms with Crippen LogP contribution in [0.2, 0.25) is 0 Å². The molecule has 0 aliphatic heterocycles.